The zero-order valence-electron chi connectivity index (χ0n) is 33.9. The van der Waals surface area contributed by atoms with Gasteiger partial charge >= 0.3 is 12.2 Å². The molecule has 2 aliphatic heterocycles. The molecule has 0 radical (unpaired) electrons. The monoisotopic (exact) mass is 808 g/mol. The van der Waals surface area contributed by atoms with Gasteiger partial charge in [0.1, 0.15) is 24.2 Å². The van der Waals surface area contributed by atoms with E-state index in [1.807, 2.05) is 48.4 Å². The largest absolute Gasteiger partial charge is 0.453 e. The maximum atomic E-state index is 14.3. The van der Waals surface area contributed by atoms with Crippen LogP contribution >= 0.6 is 0 Å². The number of fused-ring (bicyclic) bond motifs is 1. The molecule has 8 rings (SSSR count). The molecule has 0 spiro atoms. The lowest BCUT2D eigenvalue weighted by molar-refractivity contribution is -0.138. The predicted octanol–water partition coefficient (Wildman–Crippen LogP) is 7.80. The summed E-state index contributed by atoms with van der Waals surface area (Å²) in [6.45, 7) is 3.20. The first kappa shape index (κ1) is 39.8. The van der Waals surface area contributed by atoms with Crippen molar-refractivity contribution in [2.75, 3.05) is 40.4 Å². The molecule has 2 aromatic heterocycles. The van der Waals surface area contributed by atoms with E-state index in [9.17, 15) is 19.2 Å². The fourth-order valence-electron chi connectivity index (χ4n) is 8.51. The quantitative estimate of drug-likeness (QED) is 0.119. The summed E-state index contributed by atoms with van der Waals surface area (Å²) >= 11 is 0. The van der Waals surface area contributed by atoms with Crippen molar-refractivity contribution in [1.29, 1.82) is 0 Å². The highest BCUT2D eigenvalue weighted by atomic mass is 16.5. The number of rotatable bonds is 11. The van der Waals surface area contributed by atoms with Gasteiger partial charge in [-0.1, -0.05) is 78.9 Å². The third-order valence-electron chi connectivity index (χ3n) is 11.6. The van der Waals surface area contributed by atoms with Crippen molar-refractivity contribution in [2.24, 2.45) is 0 Å². The summed E-state index contributed by atoms with van der Waals surface area (Å²) in [5, 5.41) is 4.66. The Labute approximate surface area is 347 Å². The number of amides is 4. The van der Waals surface area contributed by atoms with Gasteiger partial charge in [0.25, 0.3) is 5.91 Å². The number of hydrogen-bond donors (Lipinski definition) is 3. The van der Waals surface area contributed by atoms with Gasteiger partial charge in [-0.15, -0.1) is 0 Å². The highest BCUT2D eigenvalue weighted by Gasteiger charge is 2.40. The summed E-state index contributed by atoms with van der Waals surface area (Å²) in [5.41, 5.74) is 6.59. The zero-order chi connectivity index (χ0) is 41.8. The number of methoxy groups -OCH3 is 2. The lowest BCUT2D eigenvalue weighted by Gasteiger charge is -2.34. The molecule has 4 aromatic carbocycles. The number of H-pyrrole nitrogens is 2. The van der Waals surface area contributed by atoms with Crippen molar-refractivity contribution in [3.05, 3.63) is 121 Å². The number of hydrogen-bond acceptors (Lipinski definition) is 8. The number of aromatic nitrogens is 4. The number of carbonyl (C=O) groups is 4. The first-order valence-electron chi connectivity index (χ1n) is 20.3. The minimum absolute atomic E-state index is 0.125. The van der Waals surface area contributed by atoms with E-state index in [1.54, 1.807) is 11.1 Å². The third-order valence-corrected chi connectivity index (χ3v) is 11.6. The third kappa shape index (κ3) is 8.05. The molecule has 308 valence electrons. The number of aromatic amines is 2. The van der Waals surface area contributed by atoms with Gasteiger partial charge in [-0.25, -0.2) is 19.6 Å². The van der Waals surface area contributed by atoms with Gasteiger partial charge in [0.05, 0.1) is 50.1 Å². The van der Waals surface area contributed by atoms with Crippen molar-refractivity contribution in [3.8, 4) is 33.6 Å². The number of ether oxygens (including phenoxy) is 2. The summed E-state index contributed by atoms with van der Waals surface area (Å²) in [4.78, 5) is 72.8. The minimum atomic E-state index is -0.814. The van der Waals surface area contributed by atoms with Crippen LogP contribution < -0.4 is 5.32 Å². The molecule has 60 heavy (non-hydrogen) atoms. The number of imidazole rings is 2. The van der Waals surface area contributed by atoms with Crippen LogP contribution in [0.15, 0.2) is 103 Å². The van der Waals surface area contributed by atoms with Crippen LogP contribution in [0, 0.1) is 0 Å². The summed E-state index contributed by atoms with van der Waals surface area (Å²) in [7, 11) is 2.60. The topological polar surface area (TPSA) is 166 Å². The Morgan fingerprint density at radius 1 is 0.733 bits per heavy atom. The van der Waals surface area contributed by atoms with E-state index in [2.05, 4.69) is 85.7 Å². The molecular formula is C46H48N8O6. The smallest absolute Gasteiger partial charge is 0.410 e. The Bertz CT molecular complexity index is 2500. The van der Waals surface area contributed by atoms with Gasteiger partial charge in [0.2, 0.25) is 5.91 Å². The van der Waals surface area contributed by atoms with Crippen LogP contribution in [0.5, 0.6) is 0 Å². The van der Waals surface area contributed by atoms with E-state index in [0.29, 0.717) is 25.5 Å². The first-order chi connectivity index (χ1) is 29.3. The second kappa shape index (κ2) is 17.5. The van der Waals surface area contributed by atoms with Crippen molar-refractivity contribution in [1.82, 2.24) is 40.0 Å². The minimum Gasteiger partial charge on any atom is -0.453 e. The summed E-state index contributed by atoms with van der Waals surface area (Å²) in [6.07, 6.45) is 5.67. The number of nitrogens with zero attached hydrogens (tertiary/aromatic N) is 5. The van der Waals surface area contributed by atoms with E-state index in [0.717, 1.165) is 81.5 Å². The number of likely N-dealkylation sites (tertiary alicyclic amines) is 2. The van der Waals surface area contributed by atoms with Gasteiger partial charge in [-0.2, -0.15) is 0 Å². The summed E-state index contributed by atoms with van der Waals surface area (Å²) in [6, 6.07) is 29.2. The standard InChI is InChI=1S/C46H48N8O6/c1-4-52(46(58)60-3)41(31-10-6-5-7-11-31)44(56)54-23-9-13-39(54)43-47-26-36(50-43)30-16-14-29(15-17-30)32-18-19-34-25-35(21-20-33(34)24-32)37-27-48-42(51-37)38-12-8-22-53(38)40(55)28-49-45(57)59-2/h5-7,10-11,14-21,24-27,38-39,41H,4,8-9,12-13,22-23,28H2,1-3H3,(H,47,50)(H,48,51)(H,49,57)/t38-,39-,41+/m0/s1. The Balaban J connectivity index is 0.947. The van der Waals surface area contributed by atoms with E-state index in [1.165, 1.54) is 19.1 Å². The maximum Gasteiger partial charge on any atom is 0.410 e. The first-order valence-corrected chi connectivity index (χ1v) is 20.3. The molecule has 2 fully saturated rings. The maximum absolute atomic E-state index is 14.3. The molecule has 2 aliphatic rings. The molecular weight excluding hydrogens is 761 g/mol. The molecule has 14 heteroatoms. The van der Waals surface area contributed by atoms with Gasteiger partial charge in [-0.3, -0.25) is 14.5 Å². The van der Waals surface area contributed by atoms with Crippen LogP contribution in [0.25, 0.3) is 44.4 Å². The van der Waals surface area contributed by atoms with Crippen LogP contribution in [-0.4, -0.2) is 99.0 Å². The van der Waals surface area contributed by atoms with Crippen molar-refractivity contribution < 1.29 is 28.7 Å². The van der Waals surface area contributed by atoms with Crippen molar-refractivity contribution >= 4 is 34.8 Å². The molecule has 14 nitrogen and oxygen atoms in total. The Morgan fingerprint density at radius 3 is 1.93 bits per heavy atom. The molecule has 0 bridgehead atoms. The Morgan fingerprint density at radius 2 is 1.30 bits per heavy atom. The fraction of sp³-hybridized carbons (Fsp3) is 0.304. The second-order valence-electron chi connectivity index (χ2n) is 15.1. The number of benzene rings is 4. The van der Waals surface area contributed by atoms with Crippen LogP contribution in [0.3, 0.4) is 0 Å². The Hall–Kier alpha value is -6.96. The van der Waals surface area contributed by atoms with Gasteiger partial charge in [0.15, 0.2) is 0 Å². The molecule has 4 amide bonds. The highest BCUT2D eigenvalue weighted by molar-refractivity contribution is 5.91. The lowest BCUT2D eigenvalue weighted by Crippen LogP contribution is -2.45. The van der Waals surface area contributed by atoms with Crippen LogP contribution in [0.1, 0.15) is 67.9 Å². The molecule has 3 N–H and O–H groups in total. The summed E-state index contributed by atoms with van der Waals surface area (Å²) in [5.74, 6) is 1.11. The predicted molar refractivity (Wildman–Crippen MR) is 226 cm³/mol. The normalized spacial score (nSPS) is 16.8. The zero-order valence-corrected chi connectivity index (χ0v) is 33.9. The van der Waals surface area contributed by atoms with Crippen LogP contribution in [-0.2, 0) is 19.1 Å². The van der Waals surface area contributed by atoms with Crippen molar-refractivity contribution in [3.63, 3.8) is 0 Å². The second-order valence-corrected chi connectivity index (χ2v) is 15.1. The molecule has 3 atom stereocenters. The van der Waals surface area contributed by atoms with Crippen molar-refractivity contribution in [2.45, 2.75) is 50.7 Å². The average molecular weight is 809 g/mol. The lowest BCUT2D eigenvalue weighted by atomic mass is 9.98. The van der Waals surface area contributed by atoms with E-state index < -0.39 is 18.2 Å². The molecule has 0 unspecified atom stereocenters. The van der Waals surface area contributed by atoms with Gasteiger partial charge in [-0.05, 0) is 77.8 Å². The average Bonchev–Trinajstić information content (AvgIpc) is 4.14. The number of nitrogens with one attached hydrogen (secondary N) is 3. The number of alkyl carbamates (subject to hydrolysis) is 1. The molecule has 4 heterocycles. The highest BCUT2D eigenvalue weighted by Crippen LogP contribution is 2.37. The van der Waals surface area contributed by atoms with E-state index >= 15 is 0 Å². The molecule has 2 saturated heterocycles. The number of carbonyl (C=O) groups excluding carboxylic acids is 4. The van der Waals surface area contributed by atoms with Gasteiger partial charge < -0.3 is 34.6 Å². The van der Waals surface area contributed by atoms with E-state index in [4.69, 9.17) is 9.72 Å². The van der Waals surface area contributed by atoms with Crippen LogP contribution in [0.2, 0.25) is 0 Å². The molecule has 0 aliphatic carbocycles. The van der Waals surface area contributed by atoms with Gasteiger partial charge in [0, 0.05) is 25.2 Å². The fourth-order valence-corrected chi connectivity index (χ4v) is 8.51. The molecule has 0 saturated carbocycles. The van der Waals surface area contributed by atoms with Crippen LogP contribution in [0.4, 0.5) is 9.59 Å². The number of likely N-dealkylation sites (N-methyl/N-ethyl adjacent to an activating group) is 1. The van der Waals surface area contributed by atoms with E-state index in [-0.39, 0.29) is 30.4 Å². The molecule has 6 aromatic rings. The summed E-state index contributed by atoms with van der Waals surface area (Å²) < 4.78 is 9.66. The SMILES string of the molecule is CCN(C(=O)OC)[C@@H](C(=O)N1CCC[C@H]1c1ncc(-c2ccc(-c3ccc4cc(-c5cnc([C@@H]6CCCN6C(=O)CNC(=O)OC)[nH]5)ccc4c3)cc2)[nH]1)c1ccccc1. The Kier molecular flexibility index (Phi) is 11.6.